The Labute approximate surface area is 195 Å². The molecule has 34 heavy (non-hydrogen) atoms. The fourth-order valence-corrected chi connectivity index (χ4v) is 3.73. The lowest BCUT2D eigenvalue weighted by molar-refractivity contribution is -0.648. The number of esters is 1. The van der Waals surface area contributed by atoms with E-state index >= 15 is 0 Å². The molecule has 0 saturated heterocycles. The maximum absolute atomic E-state index is 13.0. The van der Waals surface area contributed by atoms with E-state index in [0.29, 0.717) is 23.1 Å². The Hall–Kier alpha value is -4.72. The van der Waals surface area contributed by atoms with E-state index in [-0.39, 0.29) is 11.9 Å². The fraction of sp³-hybridized carbons (Fsp3) is 0.0769. The van der Waals surface area contributed by atoms with Crippen LogP contribution in [0.2, 0.25) is 0 Å². The van der Waals surface area contributed by atoms with Crippen molar-refractivity contribution < 1.29 is 19.0 Å². The number of imidazole rings is 1. The number of hydrogen-bond donors (Lipinski definition) is 3. The van der Waals surface area contributed by atoms with Crippen LogP contribution in [0.4, 0.5) is 5.82 Å². The van der Waals surface area contributed by atoms with Gasteiger partial charge in [0.05, 0.1) is 5.56 Å². The Bertz CT molecular complexity index is 1470. The van der Waals surface area contributed by atoms with Crippen molar-refractivity contribution in [2.24, 2.45) is 0 Å². The zero-order valence-electron chi connectivity index (χ0n) is 18.6. The molecule has 0 aliphatic heterocycles. The quantitative estimate of drug-likeness (QED) is 0.210. The molecule has 0 radical (unpaired) electrons. The van der Waals surface area contributed by atoms with Crippen molar-refractivity contribution in [3.8, 4) is 22.8 Å². The van der Waals surface area contributed by atoms with Crippen molar-refractivity contribution in [2.45, 2.75) is 13.8 Å². The summed E-state index contributed by atoms with van der Waals surface area (Å²) in [4.78, 5) is 31.9. The normalized spacial score (nSPS) is 10.9. The van der Waals surface area contributed by atoms with Crippen molar-refractivity contribution >= 4 is 28.7 Å². The molecule has 0 unspecified atom stereocenters. The van der Waals surface area contributed by atoms with Crippen LogP contribution in [-0.2, 0) is 4.79 Å². The fourth-order valence-electron chi connectivity index (χ4n) is 3.73. The second-order valence-electron chi connectivity index (χ2n) is 7.89. The Morgan fingerprint density at radius 2 is 1.62 bits per heavy atom. The number of nitrogens with one attached hydrogen (secondary N) is 3. The second-order valence-corrected chi connectivity index (χ2v) is 7.89. The minimum atomic E-state index is -0.359. The van der Waals surface area contributed by atoms with Crippen molar-refractivity contribution in [3.63, 3.8) is 0 Å². The van der Waals surface area contributed by atoms with Gasteiger partial charge in [-0.3, -0.25) is 25.0 Å². The third-order valence-corrected chi connectivity index (χ3v) is 5.31. The first-order valence-corrected chi connectivity index (χ1v) is 10.7. The summed E-state index contributed by atoms with van der Waals surface area (Å²) in [6, 6.07) is 24.1. The highest BCUT2D eigenvalue weighted by molar-refractivity contribution is 6.03. The lowest BCUT2D eigenvalue weighted by atomic mass is 10.0. The highest BCUT2D eigenvalue weighted by Crippen LogP contribution is 2.23. The number of aryl methyl sites for hydroxylation is 1. The predicted molar refractivity (Wildman–Crippen MR) is 128 cm³/mol. The summed E-state index contributed by atoms with van der Waals surface area (Å²) in [7, 11) is 0. The number of fused-ring (bicyclic) bond motifs is 1. The molecule has 0 spiro atoms. The molecule has 5 rings (SSSR count). The maximum atomic E-state index is 13.0. The third-order valence-electron chi connectivity index (χ3n) is 5.31. The zero-order valence-corrected chi connectivity index (χ0v) is 18.6. The molecule has 0 saturated carbocycles. The van der Waals surface area contributed by atoms with Gasteiger partial charge in [-0.25, -0.2) is 0 Å². The van der Waals surface area contributed by atoms with Gasteiger partial charge in [0.25, 0.3) is 5.91 Å². The number of rotatable bonds is 5. The van der Waals surface area contributed by atoms with E-state index in [1.54, 1.807) is 28.9 Å². The van der Waals surface area contributed by atoms with Crippen LogP contribution in [0.25, 0.3) is 28.1 Å². The van der Waals surface area contributed by atoms with Crippen LogP contribution in [0, 0.1) is 6.92 Å². The Balaban J connectivity index is 1.34. The lowest BCUT2D eigenvalue weighted by Crippen LogP contribution is -2.38. The van der Waals surface area contributed by atoms with Gasteiger partial charge in [0, 0.05) is 18.7 Å². The minimum Gasteiger partial charge on any atom is -0.427 e. The molecular formula is C26H22N5O3+. The van der Waals surface area contributed by atoms with Crippen LogP contribution in [0.3, 0.4) is 0 Å². The zero-order chi connectivity index (χ0) is 23.7. The highest BCUT2D eigenvalue weighted by atomic mass is 16.5. The molecule has 8 heteroatoms. The van der Waals surface area contributed by atoms with Crippen LogP contribution in [-0.4, -0.2) is 26.9 Å². The minimum absolute atomic E-state index is 0.236. The molecule has 5 aromatic rings. The van der Waals surface area contributed by atoms with Gasteiger partial charge in [-0.1, -0.05) is 36.4 Å². The van der Waals surface area contributed by atoms with E-state index in [1.165, 1.54) is 6.92 Å². The molecule has 3 aromatic carbocycles. The van der Waals surface area contributed by atoms with Crippen LogP contribution >= 0.6 is 0 Å². The summed E-state index contributed by atoms with van der Waals surface area (Å²) in [5, 5.41) is 6.16. The number of ether oxygens (including phenoxy) is 1. The molecule has 0 fully saturated rings. The maximum Gasteiger partial charge on any atom is 0.374 e. The molecule has 8 nitrogen and oxygen atoms in total. The Kier molecular flexibility index (Phi) is 5.39. The lowest BCUT2D eigenvalue weighted by Gasteiger charge is -2.06. The Morgan fingerprint density at radius 1 is 0.941 bits per heavy atom. The van der Waals surface area contributed by atoms with Gasteiger partial charge in [0.15, 0.2) is 5.52 Å². The largest absolute Gasteiger partial charge is 0.427 e. The molecule has 0 bridgehead atoms. The van der Waals surface area contributed by atoms with Crippen LogP contribution in [0.5, 0.6) is 5.75 Å². The van der Waals surface area contributed by atoms with Crippen LogP contribution in [0.15, 0.2) is 78.9 Å². The molecule has 0 aliphatic carbocycles. The van der Waals surface area contributed by atoms with Gasteiger partial charge in [-0.2, -0.15) is 0 Å². The second kappa shape index (κ2) is 8.67. The van der Waals surface area contributed by atoms with E-state index in [1.807, 2.05) is 61.5 Å². The molecule has 0 atom stereocenters. The van der Waals surface area contributed by atoms with E-state index < -0.39 is 0 Å². The number of aromatic nitrogens is 4. The molecule has 0 aliphatic rings. The number of aromatic amines is 2. The van der Waals surface area contributed by atoms with Gasteiger partial charge in [0.2, 0.25) is 5.82 Å². The molecule has 1 amide bonds. The van der Waals surface area contributed by atoms with Gasteiger partial charge < -0.3 is 4.74 Å². The highest BCUT2D eigenvalue weighted by Gasteiger charge is 2.20. The molecule has 168 valence electrons. The van der Waals surface area contributed by atoms with Crippen molar-refractivity contribution in [1.82, 2.24) is 15.1 Å². The van der Waals surface area contributed by atoms with Crippen molar-refractivity contribution in [3.05, 3.63) is 90.1 Å². The van der Waals surface area contributed by atoms with E-state index in [0.717, 1.165) is 27.9 Å². The monoisotopic (exact) mass is 452 g/mol. The van der Waals surface area contributed by atoms with Gasteiger partial charge >= 0.3 is 11.9 Å². The summed E-state index contributed by atoms with van der Waals surface area (Å²) >= 11 is 0. The topological polar surface area (TPSA) is 104 Å². The van der Waals surface area contributed by atoms with Crippen LogP contribution < -0.4 is 14.7 Å². The first kappa shape index (κ1) is 21.1. The summed E-state index contributed by atoms with van der Waals surface area (Å²) in [5.41, 5.74) is 5.04. The van der Waals surface area contributed by atoms with Crippen molar-refractivity contribution in [1.29, 1.82) is 0 Å². The van der Waals surface area contributed by atoms with E-state index in [9.17, 15) is 9.59 Å². The number of carbonyl (C=O) groups excluding carboxylic acids is 2. The van der Waals surface area contributed by atoms with Gasteiger partial charge in [-0.15, -0.1) is 9.67 Å². The SMILES string of the molecule is CC(=O)Oc1ccc(-c2ccc(C(=O)Nc3cc(C)[nH][n+]3-c3nc4ccccc4[nH]3)cc2)cc1. The number of carbonyl (C=O) groups is 2. The predicted octanol–water partition coefficient (Wildman–Crippen LogP) is 4.32. The average molecular weight is 452 g/mol. The number of benzene rings is 3. The number of hydrogen-bond acceptors (Lipinski definition) is 4. The molecule has 3 N–H and O–H groups in total. The number of amides is 1. The third kappa shape index (κ3) is 4.29. The summed E-state index contributed by atoms with van der Waals surface area (Å²) in [5.74, 6) is 1.05. The standard InChI is InChI=1S/C26H21N5O3/c1-16-15-24(31(30-16)26-27-22-5-3-4-6-23(22)28-26)29-25(33)20-9-7-18(8-10-20)19-11-13-21(14-12-19)34-17(2)32/h3-15H,1-2H3,(H2,27,28,29,30,33)/p+1. The van der Waals surface area contributed by atoms with Crippen molar-refractivity contribution in [2.75, 3.05) is 5.32 Å². The van der Waals surface area contributed by atoms with E-state index in [4.69, 9.17) is 4.74 Å². The molecule has 2 heterocycles. The van der Waals surface area contributed by atoms with Gasteiger partial charge in [0.1, 0.15) is 11.3 Å². The Morgan fingerprint density at radius 3 is 2.29 bits per heavy atom. The summed E-state index contributed by atoms with van der Waals surface area (Å²) in [6.07, 6.45) is 0. The number of anilines is 1. The first-order valence-electron chi connectivity index (χ1n) is 10.7. The molecule has 2 aromatic heterocycles. The number of nitrogens with zero attached hydrogens (tertiary/aromatic N) is 2. The van der Waals surface area contributed by atoms with Crippen LogP contribution in [0.1, 0.15) is 23.0 Å². The average Bonchev–Trinajstić information content (AvgIpc) is 3.42. The molecular weight excluding hydrogens is 430 g/mol. The summed E-state index contributed by atoms with van der Waals surface area (Å²) < 4.78 is 6.78. The van der Waals surface area contributed by atoms with Gasteiger partial charge in [-0.05, 0) is 54.4 Å². The smallest absolute Gasteiger partial charge is 0.374 e. The van der Waals surface area contributed by atoms with E-state index in [2.05, 4.69) is 20.4 Å². The number of H-pyrrole nitrogens is 2. The first-order chi connectivity index (χ1) is 16.5. The number of para-hydroxylation sites is 2. The summed E-state index contributed by atoms with van der Waals surface area (Å²) in [6.45, 7) is 3.28.